The van der Waals surface area contributed by atoms with E-state index in [4.69, 9.17) is 33.7 Å². The maximum Gasteiger partial charge on any atom is 0.209 e. The monoisotopic (exact) mass is 370 g/mol. The molecule has 0 spiro atoms. The molecule has 8 heteroatoms. The second kappa shape index (κ2) is 6.77. The van der Waals surface area contributed by atoms with Crippen LogP contribution in [0.4, 0.5) is 5.69 Å². The summed E-state index contributed by atoms with van der Waals surface area (Å²) in [6.07, 6.45) is 2.59. The maximum absolute atomic E-state index is 9.00. The Labute approximate surface area is 152 Å². The fourth-order valence-corrected chi connectivity index (χ4v) is 3.54. The molecule has 1 saturated heterocycles. The van der Waals surface area contributed by atoms with Gasteiger partial charge in [-0.25, -0.2) is 4.99 Å². The fraction of sp³-hybridized carbons (Fsp3) is 0.500. The van der Waals surface area contributed by atoms with Gasteiger partial charge in [0.25, 0.3) is 0 Å². The molecule has 1 aliphatic rings. The third kappa shape index (κ3) is 3.93. The normalized spacial score (nSPS) is 22.9. The molecule has 2 rings (SSSR count). The van der Waals surface area contributed by atoms with Crippen molar-refractivity contribution in [3.63, 3.8) is 0 Å². The molecule has 1 aliphatic heterocycles. The minimum Gasteiger partial charge on any atom is -0.338 e. The molecule has 4 N–H and O–H groups in total. The van der Waals surface area contributed by atoms with Gasteiger partial charge < -0.3 is 10.5 Å². The van der Waals surface area contributed by atoms with Crippen molar-refractivity contribution in [2.24, 2.45) is 4.99 Å². The predicted molar refractivity (Wildman–Crippen MR) is 98.3 cm³/mol. The van der Waals surface area contributed by atoms with E-state index >= 15 is 0 Å². The van der Waals surface area contributed by atoms with Gasteiger partial charge in [0.2, 0.25) is 5.96 Å². The molecule has 24 heavy (non-hydrogen) atoms. The Morgan fingerprint density at radius 3 is 2.33 bits per heavy atom. The first-order valence-electron chi connectivity index (χ1n) is 7.54. The quantitative estimate of drug-likeness (QED) is 0.275. The summed E-state index contributed by atoms with van der Waals surface area (Å²) in [7, 11) is 0. The van der Waals surface area contributed by atoms with Gasteiger partial charge in [-0.15, -0.1) is 0 Å². The Balaban J connectivity index is 2.30. The standard InChI is InChI=1S/C16H21Cl2N5O/c1-15(2)8-13(16(3,4)23(15)24)22-14(20-9-19)21-12-6-10(17)5-11(18)7-12/h5-7,13,24H,8H2,1-4H3,(H2,20,21,22)/p+1. The molecule has 6 nitrogen and oxygen atoms in total. The van der Waals surface area contributed by atoms with Crippen molar-refractivity contribution in [3.8, 4) is 6.19 Å². The van der Waals surface area contributed by atoms with E-state index in [0.717, 1.165) is 0 Å². The van der Waals surface area contributed by atoms with Crippen LogP contribution in [-0.2, 0) is 0 Å². The number of nitrogens with zero attached hydrogens (tertiary/aromatic N) is 3. The molecule has 0 aliphatic carbocycles. The van der Waals surface area contributed by atoms with Crippen molar-refractivity contribution in [2.45, 2.75) is 51.2 Å². The molecule has 0 bridgehead atoms. The largest absolute Gasteiger partial charge is 0.338 e. The van der Waals surface area contributed by atoms with E-state index < -0.39 is 5.54 Å². The van der Waals surface area contributed by atoms with Gasteiger partial charge in [-0.1, -0.05) is 28.3 Å². The van der Waals surface area contributed by atoms with Crippen LogP contribution in [0.3, 0.4) is 0 Å². The van der Waals surface area contributed by atoms with Gasteiger partial charge in [0, 0.05) is 15.7 Å². The van der Waals surface area contributed by atoms with Crippen LogP contribution < -0.4 is 10.6 Å². The molecular weight excluding hydrogens is 349 g/mol. The van der Waals surface area contributed by atoms with Crippen LogP contribution in [0.2, 0.25) is 10.0 Å². The lowest BCUT2D eigenvalue weighted by Crippen LogP contribution is -2.48. The summed E-state index contributed by atoms with van der Waals surface area (Å²) in [5, 5.41) is 25.5. The van der Waals surface area contributed by atoms with Gasteiger partial charge in [0.1, 0.15) is 5.54 Å². The highest BCUT2D eigenvalue weighted by Crippen LogP contribution is 2.40. The molecule has 130 valence electrons. The van der Waals surface area contributed by atoms with Crippen molar-refractivity contribution in [1.29, 1.82) is 5.26 Å². The first kappa shape index (κ1) is 18.8. The molecule has 0 radical (unpaired) electrons. The van der Waals surface area contributed by atoms with Gasteiger partial charge >= 0.3 is 0 Å². The highest BCUT2D eigenvalue weighted by atomic mass is 35.5. The van der Waals surface area contributed by atoms with E-state index in [1.54, 1.807) is 23.3 Å². The van der Waals surface area contributed by atoms with Gasteiger partial charge in [-0.05, 0) is 52.3 Å². The zero-order valence-corrected chi connectivity index (χ0v) is 15.6. The van der Waals surface area contributed by atoms with E-state index in [1.165, 1.54) is 0 Å². The molecule has 0 amide bonds. The first-order chi connectivity index (χ1) is 11.1. The van der Waals surface area contributed by atoms with Crippen molar-refractivity contribution in [1.82, 2.24) is 10.4 Å². The highest BCUT2D eigenvalue weighted by Gasteiger charge is 2.55. The molecule has 1 aromatic carbocycles. The van der Waals surface area contributed by atoms with E-state index in [-0.39, 0.29) is 11.6 Å². The number of benzene rings is 1. The molecule has 1 atom stereocenters. The molecule has 1 fully saturated rings. The number of aliphatic imine (C=N–C) groups is 1. The van der Waals surface area contributed by atoms with Crippen molar-refractivity contribution < 1.29 is 5.21 Å². The van der Waals surface area contributed by atoms with Gasteiger partial charge in [0.05, 0.1) is 11.6 Å². The minimum atomic E-state index is -0.459. The summed E-state index contributed by atoms with van der Waals surface area (Å²) in [5.74, 6) is 0.306. The molecule has 1 aromatic rings. The van der Waals surface area contributed by atoms with E-state index in [0.29, 0.717) is 28.1 Å². The first-order valence-corrected chi connectivity index (χ1v) is 8.29. The average Bonchev–Trinajstić information content (AvgIpc) is 2.58. The molecule has 0 saturated carbocycles. The third-order valence-corrected chi connectivity index (χ3v) is 4.71. The summed E-state index contributed by atoms with van der Waals surface area (Å²) >= 11 is 12.0. The van der Waals surface area contributed by atoms with Crippen molar-refractivity contribution in [2.75, 3.05) is 5.32 Å². The van der Waals surface area contributed by atoms with Crippen molar-refractivity contribution >= 4 is 34.8 Å². The zero-order valence-electron chi connectivity index (χ0n) is 14.1. The van der Waals surface area contributed by atoms with Crippen LogP contribution in [0.15, 0.2) is 23.2 Å². The number of halogens is 2. The van der Waals surface area contributed by atoms with Crippen LogP contribution in [0, 0.1) is 11.5 Å². The number of hydrogen-bond donors (Lipinski definition) is 2. The lowest BCUT2D eigenvalue weighted by atomic mass is 9.95. The second-order valence-corrected chi connectivity index (χ2v) is 7.89. The maximum atomic E-state index is 9.00. The molecule has 0 aromatic heterocycles. The van der Waals surface area contributed by atoms with Gasteiger partial charge in [0.15, 0.2) is 6.19 Å². The number of guanidine groups is 1. The van der Waals surface area contributed by atoms with Gasteiger partial charge in [-0.3, -0.25) is 5.32 Å². The zero-order chi connectivity index (χ0) is 18.1. The Morgan fingerprint density at radius 1 is 1.29 bits per heavy atom. The summed E-state index contributed by atoms with van der Waals surface area (Å²) in [5.41, 5.74) is -0.124. The van der Waals surface area contributed by atoms with Crippen LogP contribution in [0.1, 0.15) is 34.1 Å². The van der Waals surface area contributed by atoms with Crippen LogP contribution in [0.5, 0.6) is 0 Å². The Kier molecular flexibility index (Phi) is 5.31. The number of hydroxylamine groups is 2. The molecule has 1 heterocycles. The molecular formula is C16H22Cl2N5O+. The minimum absolute atomic E-state index is 0.150. The number of rotatable bonds is 2. The van der Waals surface area contributed by atoms with Gasteiger partial charge in [-0.2, -0.15) is 5.26 Å². The lowest BCUT2D eigenvalue weighted by Gasteiger charge is -2.30. The fourth-order valence-electron chi connectivity index (χ4n) is 3.01. The van der Waals surface area contributed by atoms with Crippen molar-refractivity contribution in [3.05, 3.63) is 28.2 Å². The Bertz CT molecular complexity index is 676. The van der Waals surface area contributed by atoms with Crippen LogP contribution in [-0.4, -0.2) is 33.3 Å². The summed E-state index contributed by atoms with van der Waals surface area (Å²) in [4.78, 5) is 4.64. The smallest absolute Gasteiger partial charge is 0.209 e. The summed E-state index contributed by atoms with van der Waals surface area (Å²) in [6.45, 7) is 7.98. The summed E-state index contributed by atoms with van der Waals surface area (Å²) < 4.78 is 0. The van der Waals surface area contributed by atoms with E-state index in [2.05, 4.69) is 15.6 Å². The number of nitrogens with one attached hydrogen (secondary N) is 2. The van der Waals surface area contributed by atoms with Crippen LogP contribution >= 0.6 is 23.2 Å². The van der Waals surface area contributed by atoms with Crippen LogP contribution in [0.25, 0.3) is 0 Å². The third-order valence-electron chi connectivity index (χ3n) is 4.27. The number of anilines is 1. The Hall–Kier alpha value is -1.52. The number of nitriles is 1. The molecule has 1 unspecified atom stereocenters. The second-order valence-electron chi connectivity index (χ2n) is 7.02. The topological polar surface area (TPSA) is 86.3 Å². The van der Waals surface area contributed by atoms with E-state index in [9.17, 15) is 0 Å². The predicted octanol–water partition coefficient (Wildman–Crippen LogP) is 3.10. The highest BCUT2D eigenvalue weighted by molar-refractivity contribution is 6.35. The average molecular weight is 371 g/mol. The lowest BCUT2D eigenvalue weighted by molar-refractivity contribution is -0.193. The SMILES string of the molecule is CC1(C)CC(N=C(NC#N)Nc2cc(Cl)cc(Cl)c2)C(C)(C)N1[OH2+]. The number of hydrogen-bond acceptors (Lipinski definition) is 3. The Morgan fingerprint density at radius 2 is 1.88 bits per heavy atom. The summed E-state index contributed by atoms with van der Waals surface area (Å²) in [6, 6.07) is 4.87. The van der Waals surface area contributed by atoms with E-state index in [1.807, 2.05) is 33.9 Å².